The molecule has 0 aliphatic carbocycles. The van der Waals surface area contributed by atoms with Crippen LogP contribution in [0.5, 0.6) is 11.5 Å². The molecule has 20 heavy (non-hydrogen) atoms. The monoisotopic (exact) mass is 279 g/mol. The van der Waals surface area contributed by atoms with Crippen LogP contribution in [0, 0.1) is 0 Å². The molecular weight excluding hydrogens is 258 g/mol. The Labute approximate surface area is 119 Å². The number of aromatic carboxylic acids is 1. The number of benzene rings is 1. The molecule has 1 aliphatic heterocycles. The van der Waals surface area contributed by atoms with Gasteiger partial charge in [-0.15, -0.1) is 0 Å². The summed E-state index contributed by atoms with van der Waals surface area (Å²) in [6, 6.07) is 4.65. The minimum atomic E-state index is -0.963. The summed E-state index contributed by atoms with van der Waals surface area (Å²) in [4.78, 5) is 13.4. The number of likely N-dealkylation sites (tertiary alicyclic amines) is 1. The Balaban J connectivity index is 1.86. The van der Waals surface area contributed by atoms with Gasteiger partial charge in [0.25, 0.3) is 0 Å². The van der Waals surface area contributed by atoms with Crippen molar-refractivity contribution in [3.05, 3.63) is 23.8 Å². The fourth-order valence-corrected chi connectivity index (χ4v) is 2.40. The summed E-state index contributed by atoms with van der Waals surface area (Å²) in [5.74, 6) is 0.0968. The molecule has 1 saturated heterocycles. The van der Waals surface area contributed by atoms with Crippen LogP contribution < -0.4 is 9.47 Å². The average Bonchev–Trinajstić information content (AvgIpc) is 2.96. The molecule has 1 aromatic rings. The fraction of sp³-hybridized carbons (Fsp3) is 0.533. The van der Waals surface area contributed by atoms with Gasteiger partial charge in [-0.1, -0.05) is 0 Å². The van der Waals surface area contributed by atoms with Gasteiger partial charge in [0.05, 0.1) is 19.3 Å². The molecule has 0 amide bonds. The largest absolute Gasteiger partial charge is 0.493 e. The van der Waals surface area contributed by atoms with Gasteiger partial charge in [-0.3, -0.25) is 0 Å². The summed E-state index contributed by atoms with van der Waals surface area (Å²) >= 11 is 0. The second-order valence-electron chi connectivity index (χ2n) is 4.92. The van der Waals surface area contributed by atoms with Crippen molar-refractivity contribution in [1.82, 2.24) is 4.90 Å². The molecule has 5 heteroatoms. The first-order chi connectivity index (χ1) is 9.70. The molecule has 1 aliphatic rings. The zero-order chi connectivity index (χ0) is 14.4. The number of carboxylic acids is 1. The van der Waals surface area contributed by atoms with E-state index in [-0.39, 0.29) is 5.56 Å². The minimum Gasteiger partial charge on any atom is -0.493 e. The molecule has 0 radical (unpaired) electrons. The predicted molar refractivity (Wildman–Crippen MR) is 75.7 cm³/mol. The van der Waals surface area contributed by atoms with E-state index in [1.165, 1.54) is 38.1 Å². The third-order valence-electron chi connectivity index (χ3n) is 3.49. The summed E-state index contributed by atoms with van der Waals surface area (Å²) in [6.07, 6.45) is 3.51. The summed E-state index contributed by atoms with van der Waals surface area (Å²) in [5.41, 5.74) is 0.209. The highest BCUT2D eigenvalue weighted by atomic mass is 16.5. The second kappa shape index (κ2) is 7.14. The number of ether oxygens (including phenoxy) is 2. The lowest BCUT2D eigenvalue weighted by molar-refractivity contribution is 0.0696. The van der Waals surface area contributed by atoms with Crippen molar-refractivity contribution in [2.75, 3.05) is 33.4 Å². The first-order valence-corrected chi connectivity index (χ1v) is 6.97. The maximum absolute atomic E-state index is 11.0. The molecular formula is C15H21NO4. The van der Waals surface area contributed by atoms with Crippen LogP contribution in [-0.4, -0.2) is 49.3 Å². The summed E-state index contributed by atoms with van der Waals surface area (Å²) in [5, 5.41) is 8.98. The van der Waals surface area contributed by atoms with Crippen LogP contribution in [0.2, 0.25) is 0 Å². The van der Waals surface area contributed by atoms with E-state index >= 15 is 0 Å². The first kappa shape index (κ1) is 14.7. The van der Waals surface area contributed by atoms with Crippen LogP contribution in [0.1, 0.15) is 29.6 Å². The van der Waals surface area contributed by atoms with E-state index in [2.05, 4.69) is 4.90 Å². The van der Waals surface area contributed by atoms with Crippen molar-refractivity contribution in [3.8, 4) is 11.5 Å². The highest BCUT2D eigenvalue weighted by molar-refractivity contribution is 5.88. The molecule has 0 unspecified atom stereocenters. The number of nitrogens with zero attached hydrogens (tertiary/aromatic N) is 1. The summed E-state index contributed by atoms with van der Waals surface area (Å²) < 4.78 is 10.8. The third kappa shape index (κ3) is 3.87. The molecule has 1 aromatic carbocycles. The van der Waals surface area contributed by atoms with Crippen molar-refractivity contribution in [3.63, 3.8) is 0 Å². The van der Waals surface area contributed by atoms with Gasteiger partial charge in [0, 0.05) is 6.54 Å². The Kier molecular flexibility index (Phi) is 5.24. The molecule has 0 bridgehead atoms. The lowest BCUT2D eigenvalue weighted by Gasteiger charge is -2.15. The Bertz CT molecular complexity index is 455. The number of methoxy groups -OCH3 is 1. The smallest absolute Gasteiger partial charge is 0.335 e. The molecule has 1 heterocycles. The number of hydrogen-bond donors (Lipinski definition) is 1. The topological polar surface area (TPSA) is 59.0 Å². The van der Waals surface area contributed by atoms with E-state index < -0.39 is 5.97 Å². The Hall–Kier alpha value is -1.75. The minimum absolute atomic E-state index is 0.209. The van der Waals surface area contributed by atoms with Gasteiger partial charge in [0.2, 0.25) is 0 Å². The Morgan fingerprint density at radius 1 is 1.30 bits per heavy atom. The lowest BCUT2D eigenvalue weighted by Crippen LogP contribution is -2.22. The predicted octanol–water partition coefficient (Wildman–Crippen LogP) is 2.26. The second-order valence-corrected chi connectivity index (χ2v) is 4.92. The van der Waals surface area contributed by atoms with E-state index in [9.17, 15) is 4.79 Å². The van der Waals surface area contributed by atoms with Gasteiger partial charge in [0.1, 0.15) is 0 Å². The van der Waals surface area contributed by atoms with Crippen molar-refractivity contribution < 1.29 is 19.4 Å². The fourth-order valence-electron chi connectivity index (χ4n) is 2.40. The molecule has 0 aromatic heterocycles. The van der Waals surface area contributed by atoms with Crippen molar-refractivity contribution in [1.29, 1.82) is 0 Å². The molecule has 0 atom stereocenters. The quantitative estimate of drug-likeness (QED) is 0.776. The van der Waals surface area contributed by atoms with Gasteiger partial charge in [0.15, 0.2) is 11.5 Å². The van der Waals surface area contributed by atoms with E-state index in [4.69, 9.17) is 14.6 Å². The first-order valence-electron chi connectivity index (χ1n) is 6.97. The lowest BCUT2D eigenvalue weighted by atomic mass is 10.2. The van der Waals surface area contributed by atoms with Gasteiger partial charge >= 0.3 is 5.97 Å². The number of rotatable bonds is 7. The van der Waals surface area contributed by atoms with E-state index in [0.29, 0.717) is 18.1 Å². The zero-order valence-electron chi connectivity index (χ0n) is 11.8. The SMILES string of the molecule is COc1ccc(C(=O)O)cc1OCCCN1CCCC1. The van der Waals surface area contributed by atoms with Crippen molar-refractivity contribution in [2.24, 2.45) is 0 Å². The molecule has 0 spiro atoms. The average molecular weight is 279 g/mol. The highest BCUT2D eigenvalue weighted by Gasteiger charge is 2.12. The summed E-state index contributed by atoms with van der Waals surface area (Å²) in [7, 11) is 1.55. The molecule has 110 valence electrons. The Morgan fingerprint density at radius 3 is 2.70 bits per heavy atom. The van der Waals surface area contributed by atoms with Crippen molar-refractivity contribution in [2.45, 2.75) is 19.3 Å². The molecule has 1 N–H and O–H groups in total. The standard InChI is InChI=1S/C15H21NO4/c1-19-13-6-5-12(15(17)18)11-14(13)20-10-4-9-16-7-2-3-8-16/h5-6,11H,2-4,7-10H2,1H3,(H,17,18). The van der Waals surface area contributed by atoms with Crippen LogP contribution in [0.15, 0.2) is 18.2 Å². The van der Waals surface area contributed by atoms with Crippen LogP contribution in [0.3, 0.4) is 0 Å². The number of carboxylic acid groups (broad SMARTS) is 1. The van der Waals surface area contributed by atoms with E-state index in [1.807, 2.05) is 0 Å². The molecule has 5 nitrogen and oxygen atoms in total. The molecule has 0 saturated carbocycles. The molecule has 1 fully saturated rings. The van der Waals surface area contributed by atoms with Crippen LogP contribution >= 0.6 is 0 Å². The number of carbonyl (C=O) groups is 1. The van der Waals surface area contributed by atoms with Gasteiger partial charge in [-0.2, -0.15) is 0 Å². The van der Waals surface area contributed by atoms with Gasteiger partial charge in [-0.25, -0.2) is 4.79 Å². The maximum atomic E-state index is 11.0. The van der Waals surface area contributed by atoms with Gasteiger partial charge in [-0.05, 0) is 50.6 Å². The highest BCUT2D eigenvalue weighted by Crippen LogP contribution is 2.28. The van der Waals surface area contributed by atoms with Crippen LogP contribution in [0.25, 0.3) is 0 Å². The van der Waals surface area contributed by atoms with Gasteiger partial charge < -0.3 is 19.5 Å². The van der Waals surface area contributed by atoms with E-state index in [1.54, 1.807) is 13.2 Å². The van der Waals surface area contributed by atoms with Crippen LogP contribution in [-0.2, 0) is 0 Å². The number of hydrogen-bond acceptors (Lipinski definition) is 4. The zero-order valence-corrected chi connectivity index (χ0v) is 11.8. The normalized spacial score (nSPS) is 15.2. The third-order valence-corrected chi connectivity index (χ3v) is 3.49. The van der Waals surface area contributed by atoms with Crippen molar-refractivity contribution >= 4 is 5.97 Å². The Morgan fingerprint density at radius 2 is 2.05 bits per heavy atom. The summed E-state index contributed by atoms with van der Waals surface area (Å²) in [6.45, 7) is 3.95. The van der Waals surface area contributed by atoms with E-state index in [0.717, 1.165) is 13.0 Å². The van der Waals surface area contributed by atoms with Crippen LogP contribution in [0.4, 0.5) is 0 Å². The molecule has 2 rings (SSSR count). The maximum Gasteiger partial charge on any atom is 0.335 e.